The summed E-state index contributed by atoms with van der Waals surface area (Å²) in [7, 11) is 7.09. The van der Waals surface area contributed by atoms with Gasteiger partial charge in [0.2, 0.25) is 0 Å². The third kappa shape index (κ3) is 4.03. The van der Waals surface area contributed by atoms with E-state index in [1.807, 2.05) is 19.5 Å². The highest BCUT2D eigenvalue weighted by Gasteiger charge is 2.19. The molecule has 0 aliphatic carbocycles. The minimum atomic E-state index is -0.178. The normalized spacial score (nSPS) is 12.0. The van der Waals surface area contributed by atoms with Gasteiger partial charge >= 0.3 is 0 Å². The Hall–Kier alpha value is -2.05. The molecule has 0 radical (unpaired) electrons. The number of benzene rings is 1. The van der Waals surface area contributed by atoms with E-state index in [9.17, 15) is 4.79 Å². The molecule has 6 heteroatoms. The predicted molar refractivity (Wildman–Crippen MR) is 92.6 cm³/mol. The van der Waals surface area contributed by atoms with Crippen molar-refractivity contribution in [1.29, 1.82) is 0 Å². The first kappa shape index (κ1) is 17.3. The maximum Gasteiger partial charge on any atom is 0.255 e. The van der Waals surface area contributed by atoms with Gasteiger partial charge in [-0.1, -0.05) is 6.07 Å². The van der Waals surface area contributed by atoms with Crippen molar-refractivity contribution in [2.24, 2.45) is 0 Å². The van der Waals surface area contributed by atoms with Gasteiger partial charge in [0.25, 0.3) is 5.91 Å². The molecule has 0 saturated carbocycles. The van der Waals surface area contributed by atoms with Gasteiger partial charge in [-0.05, 0) is 48.6 Å². The summed E-state index contributed by atoms with van der Waals surface area (Å²) in [5.74, 6) is 0.814. The summed E-state index contributed by atoms with van der Waals surface area (Å²) >= 11 is 1.65. The van der Waals surface area contributed by atoms with Crippen LogP contribution >= 0.6 is 11.3 Å². The fourth-order valence-electron chi connectivity index (χ4n) is 2.41. The van der Waals surface area contributed by atoms with Gasteiger partial charge in [-0.25, -0.2) is 0 Å². The van der Waals surface area contributed by atoms with Gasteiger partial charge < -0.3 is 19.7 Å². The lowest BCUT2D eigenvalue weighted by atomic mass is 10.1. The molecule has 1 heterocycles. The van der Waals surface area contributed by atoms with Gasteiger partial charge in [0.15, 0.2) is 11.5 Å². The highest BCUT2D eigenvalue weighted by atomic mass is 32.1. The number of nitrogens with one attached hydrogen (secondary N) is 1. The van der Waals surface area contributed by atoms with Crippen molar-refractivity contribution >= 4 is 17.2 Å². The Bertz CT molecular complexity index is 641. The van der Waals surface area contributed by atoms with Crippen LogP contribution in [0, 0.1) is 0 Å². The van der Waals surface area contributed by atoms with Crippen molar-refractivity contribution in [2.75, 3.05) is 34.9 Å². The Balaban J connectivity index is 2.13. The van der Waals surface area contributed by atoms with Gasteiger partial charge in [-0.2, -0.15) is 11.3 Å². The lowest BCUT2D eigenvalue weighted by Crippen LogP contribution is -2.34. The van der Waals surface area contributed by atoms with Crippen LogP contribution in [0.15, 0.2) is 35.0 Å². The molecule has 0 aliphatic rings. The first-order chi connectivity index (χ1) is 11.1. The number of amides is 1. The van der Waals surface area contributed by atoms with E-state index in [1.54, 1.807) is 36.6 Å². The van der Waals surface area contributed by atoms with Crippen LogP contribution in [0.25, 0.3) is 0 Å². The van der Waals surface area contributed by atoms with Crippen LogP contribution in [0.1, 0.15) is 22.0 Å². The lowest BCUT2D eigenvalue weighted by molar-refractivity contribution is 0.0938. The summed E-state index contributed by atoms with van der Waals surface area (Å²) < 4.78 is 10.6. The Morgan fingerprint density at radius 1 is 1.26 bits per heavy atom. The molecule has 0 fully saturated rings. The minimum Gasteiger partial charge on any atom is -0.493 e. The van der Waals surface area contributed by atoms with Crippen LogP contribution in [0.4, 0.5) is 0 Å². The number of carbonyl (C=O) groups excluding carboxylic acids is 1. The van der Waals surface area contributed by atoms with Crippen LogP contribution in [0.3, 0.4) is 0 Å². The number of thiophene rings is 1. The van der Waals surface area contributed by atoms with E-state index < -0.39 is 0 Å². The number of likely N-dealkylation sites (N-methyl/N-ethyl adjacent to an activating group) is 1. The second kappa shape index (κ2) is 7.99. The number of para-hydroxylation sites is 1. The molecule has 0 saturated heterocycles. The Morgan fingerprint density at radius 2 is 2.04 bits per heavy atom. The average molecular weight is 334 g/mol. The number of methoxy groups -OCH3 is 2. The molecule has 1 amide bonds. The van der Waals surface area contributed by atoms with Gasteiger partial charge in [0.1, 0.15) is 0 Å². The molecule has 124 valence electrons. The summed E-state index contributed by atoms with van der Waals surface area (Å²) in [6.07, 6.45) is 0. The molecule has 0 aliphatic heterocycles. The Morgan fingerprint density at radius 3 is 2.61 bits per heavy atom. The third-order valence-corrected chi connectivity index (χ3v) is 4.36. The molecule has 2 aromatic rings. The van der Waals surface area contributed by atoms with Crippen molar-refractivity contribution in [3.63, 3.8) is 0 Å². The molecule has 23 heavy (non-hydrogen) atoms. The highest BCUT2D eigenvalue weighted by molar-refractivity contribution is 7.07. The maximum atomic E-state index is 12.5. The molecule has 1 unspecified atom stereocenters. The van der Waals surface area contributed by atoms with Crippen LogP contribution in [-0.4, -0.2) is 45.7 Å². The zero-order valence-electron chi connectivity index (χ0n) is 13.8. The molecule has 2 rings (SSSR count). The molecule has 1 aromatic heterocycles. The second-order valence-corrected chi connectivity index (χ2v) is 6.07. The predicted octanol–water partition coefficient (Wildman–Crippen LogP) is 2.80. The quantitative estimate of drug-likeness (QED) is 0.846. The lowest BCUT2D eigenvalue weighted by Gasteiger charge is -2.24. The van der Waals surface area contributed by atoms with E-state index in [0.717, 1.165) is 0 Å². The Kier molecular flexibility index (Phi) is 6.01. The molecule has 1 aromatic carbocycles. The van der Waals surface area contributed by atoms with Crippen molar-refractivity contribution in [3.05, 3.63) is 46.2 Å². The minimum absolute atomic E-state index is 0.127. The molecule has 1 N–H and O–H groups in total. The van der Waals surface area contributed by atoms with Gasteiger partial charge in [0, 0.05) is 6.54 Å². The van der Waals surface area contributed by atoms with Crippen molar-refractivity contribution in [2.45, 2.75) is 6.04 Å². The molecule has 0 bridgehead atoms. The topological polar surface area (TPSA) is 50.8 Å². The van der Waals surface area contributed by atoms with Crippen LogP contribution < -0.4 is 14.8 Å². The first-order valence-electron chi connectivity index (χ1n) is 7.26. The number of ether oxygens (including phenoxy) is 2. The van der Waals surface area contributed by atoms with Crippen molar-refractivity contribution in [1.82, 2.24) is 10.2 Å². The van der Waals surface area contributed by atoms with E-state index in [1.165, 1.54) is 12.7 Å². The molecular weight excluding hydrogens is 312 g/mol. The first-order valence-corrected chi connectivity index (χ1v) is 8.20. The third-order valence-electron chi connectivity index (χ3n) is 3.65. The zero-order chi connectivity index (χ0) is 16.8. The molecule has 0 spiro atoms. The van der Waals surface area contributed by atoms with Gasteiger partial charge in [-0.15, -0.1) is 0 Å². The SMILES string of the molecule is COc1cccc(C(=O)NCC(c2ccsc2)N(C)C)c1OC. The van der Waals surface area contributed by atoms with Crippen molar-refractivity contribution < 1.29 is 14.3 Å². The van der Waals surface area contributed by atoms with E-state index >= 15 is 0 Å². The summed E-state index contributed by atoms with van der Waals surface area (Å²) in [5.41, 5.74) is 1.66. The van der Waals surface area contributed by atoms with Crippen molar-refractivity contribution in [3.8, 4) is 11.5 Å². The Labute approximate surface area is 140 Å². The number of rotatable bonds is 7. The fourth-order valence-corrected chi connectivity index (χ4v) is 3.12. The number of hydrogen-bond acceptors (Lipinski definition) is 5. The van der Waals surface area contributed by atoms with E-state index in [0.29, 0.717) is 23.6 Å². The number of carbonyl (C=O) groups is 1. The average Bonchev–Trinajstić information content (AvgIpc) is 3.07. The number of hydrogen-bond donors (Lipinski definition) is 1. The fraction of sp³-hybridized carbons (Fsp3) is 0.353. The summed E-state index contributed by atoms with van der Waals surface area (Å²) in [6, 6.07) is 7.48. The van der Waals surface area contributed by atoms with Gasteiger partial charge in [-0.3, -0.25) is 4.79 Å². The van der Waals surface area contributed by atoms with E-state index in [4.69, 9.17) is 9.47 Å². The van der Waals surface area contributed by atoms with E-state index in [-0.39, 0.29) is 11.9 Å². The second-order valence-electron chi connectivity index (χ2n) is 5.29. The summed E-state index contributed by atoms with van der Waals surface area (Å²) in [6.45, 7) is 0.517. The summed E-state index contributed by atoms with van der Waals surface area (Å²) in [4.78, 5) is 14.6. The highest BCUT2D eigenvalue weighted by Crippen LogP contribution is 2.30. The summed E-state index contributed by atoms with van der Waals surface area (Å²) in [5, 5.41) is 7.12. The number of nitrogens with zero attached hydrogens (tertiary/aromatic N) is 1. The maximum absolute atomic E-state index is 12.5. The van der Waals surface area contributed by atoms with Crippen LogP contribution in [0.2, 0.25) is 0 Å². The monoisotopic (exact) mass is 334 g/mol. The smallest absolute Gasteiger partial charge is 0.255 e. The van der Waals surface area contributed by atoms with Crippen LogP contribution in [-0.2, 0) is 0 Å². The largest absolute Gasteiger partial charge is 0.493 e. The van der Waals surface area contributed by atoms with E-state index in [2.05, 4.69) is 21.7 Å². The standard InChI is InChI=1S/C17H22N2O3S/c1-19(2)14(12-8-9-23-11-12)10-18-17(20)13-6-5-7-15(21-3)16(13)22-4/h5-9,11,14H,10H2,1-4H3,(H,18,20). The zero-order valence-corrected chi connectivity index (χ0v) is 14.6. The molecule has 5 nitrogen and oxygen atoms in total. The van der Waals surface area contributed by atoms with Gasteiger partial charge in [0.05, 0.1) is 25.8 Å². The van der Waals surface area contributed by atoms with Crippen LogP contribution in [0.5, 0.6) is 11.5 Å². The molecule has 1 atom stereocenters. The molecular formula is C17H22N2O3S.